The Morgan fingerprint density at radius 1 is 1.41 bits per heavy atom. The summed E-state index contributed by atoms with van der Waals surface area (Å²) in [5.74, 6) is 0.406. The van der Waals surface area contributed by atoms with E-state index in [1.807, 2.05) is 6.07 Å². The van der Waals surface area contributed by atoms with Gasteiger partial charge >= 0.3 is 6.09 Å². The minimum atomic E-state index is -0.995. The zero-order valence-corrected chi connectivity index (χ0v) is 15.7. The van der Waals surface area contributed by atoms with E-state index in [9.17, 15) is 9.59 Å². The molecule has 0 unspecified atom stereocenters. The average molecular weight is 391 g/mol. The van der Waals surface area contributed by atoms with E-state index in [2.05, 4.69) is 15.4 Å². The van der Waals surface area contributed by atoms with Gasteiger partial charge in [0.2, 0.25) is 5.91 Å². The second-order valence-corrected chi connectivity index (χ2v) is 6.77. The van der Waals surface area contributed by atoms with Crippen molar-refractivity contribution in [3.63, 3.8) is 0 Å². The summed E-state index contributed by atoms with van der Waals surface area (Å²) in [5, 5.41) is 21.5. The van der Waals surface area contributed by atoms with E-state index in [-0.39, 0.29) is 11.9 Å². The topological polar surface area (TPSA) is 104 Å². The van der Waals surface area contributed by atoms with Crippen molar-refractivity contribution in [3.05, 3.63) is 46.2 Å². The van der Waals surface area contributed by atoms with Crippen LogP contribution in [-0.2, 0) is 11.3 Å². The van der Waals surface area contributed by atoms with E-state index in [1.165, 1.54) is 22.8 Å². The highest BCUT2D eigenvalue weighted by Gasteiger charge is 2.34. The Bertz CT molecular complexity index is 891. The first-order chi connectivity index (χ1) is 12.8. The third-order valence-corrected chi connectivity index (χ3v) is 4.63. The molecule has 9 nitrogen and oxygen atoms in total. The molecule has 0 spiro atoms. The second-order valence-electron chi connectivity index (χ2n) is 6.33. The predicted molar refractivity (Wildman–Crippen MR) is 98.3 cm³/mol. The first kappa shape index (κ1) is 18.8. The summed E-state index contributed by atoms with van der Waals surface area (Å²) in [7, 11) is 1.50. The molecular weight excluding hydrogens is 372 g/mol. The maximum atomic E-state index is 12.3. The summed E-state index contributed by atoms with van der Waals surface area (Å²) in [5.41, 5.74) is 1.68. The molecule has 142 valence electrons. The fraction of sp³-hybridized carbons (Fsp3) is 0.353. The summed E-state index contributed by atoms with van der Waals surface area (Å²) in [6.45, 7) is 2.91. The van der Waals surface area contributed by atoms with Crippen molar-refractivity contribution in [1.29, 1.82) is 0 Å². The average Bonchev–Trinajstić information content (AvgIpc) is 2.97. The predicted octanol–water partition coefficient (Wildman–Crippen LogP) is 1.52. The van der Waals surface area contributed by atoms with Crippen LogP contribution in [0.5, 0.6) is 0 Å². The number of carbonyl (C=O) groups is 2. The number of amides is 2. The van der Waals surface area contributed by atoms with Crippen LogP contribution in [-0.4, -0.2) is 73.3 Å². The molecule has 2 aromatic rings. The van der Waals surface area contributed by atoms with Gasteiger partial charge in [-0.05, 0) is 41.5 Å². The van der Waals surface area contributed by atoms with E-state index in [1.54, 1.807) is 30.0 Å². The number of benzene rings is 1. The van der Waals surface area contributed by atoms with Gasteiger partial charge in [-0.25, -0.2) is 4.79 Å². The molecule has 0 atom stereocenters. The van der Waals surface area contributed by atoms with Crippen molar-refractivity contribution in [2.45, 2.75) is 19.5 Å². The summed E-state index contributed by atoms with van der Waals surface area (Å²) >= 11 is 6.09. The number of nitrogens with zero attached hydrogens (tertiary/aromatic N) is 6. The first-order valence-electron chi connectivity index (χ1n) is 8.29. The monoisotopic (exact) mass is 390 g/mol. The SMILES string of the molecule is Cc1nnn(Cc2cc(Cl)ccc2C=CC(=O)N2CC(N(C)C(=O)O)C2)n1. The number of aromatic nitrogens is 4. The smallest absolute Gasteiger partial charge is 0.407 e. The Balaban J connectivity index is 1.66. The standard InChI is InChI=1S/C17H19ClN6O3/c1-11-19-21-24(20-11)8-13-7-14(18)5-3-12(13)4-6-16(25)23-9-15(10-23)22(2)17(26)27/h3-7,15H,8-10H2,1-2H3,(H,26,27). The summed E-state index contributed by atoms with van der Waals surface area (Å²) in [4.78, 5) is 27.5. The van der Waals surface area contributed by atoms with Crippen LogP contribution in [0, 0.1) is 6.92 Å². The highest BCUT2D eigenvalue weighted by molar-refractivity contribution is 6.30. The van der Waals surface area contributed by atoms with Gasteiger partial charge in [0.25, 0.3) is 0 Å². The van der Waals surface area contributed by atoms with Crippen molar-refractivity contribution in [2.75, 3.05) is 20.1 Å². The molecule has 2 amide bonds. The Morgan fingerprint density at radius 2 is 2.15 bits per heavy atom. The Labute approximate surface area is 160 Å². The number of hydrogen-bond donors (Lipinski definition) is 1. The molecule has 2 heterocycles. The number of hydrogen-bond acceptors (Lipinski definition) is 5. The van der Waals surface area contributed by atoms with E-state index in [0.29, 0.717) is 30.5 Å². The van der Waals surface area contributed by atoms with Crippen LogP contribution in [0.15, 0.2) is 24.3 Å². The zero-order chi connectivity index (χ0) is 19.6. The molecule has 1 aliphatic heterocycles. The highest BCUT2D eigenvalue weighted by Crippen LogP contribution is 2.19. The minimum absolute atomic E-state index is 0.160. The molecule has 0 aliphatic carbocycles. The molecule has 1 aromatic carbocycles. The molecule has 0 saturated carbocycles. The first-order valence-corrected chi connectivity index (χ1v) is 8.67. The minimum Gasteiger partial charge on any atom is -0.465 e. The molecule has 1 fully saturated rings. The van der Waals surface area contributed by atoms with Crippen LogP contribution in [0.4, 0.5) is 4.79 Å². The largest absolute Gasteiger partial charge is 0.465 e. The zero-order valence-electron chi connectivity index (χ0n) is 14.9. The number of rotatable bonds is 5. The van der Waals surface area contributed by atoms with Crippen LogP contribution in [0.25, 0.3) is 6.08 Å². The number of carboxylic acid groups (broad SMARTS) is 1. The molecule has 0 bridgehead atoms. The molecular formula is C17H19ClN6O3. The van der Waals surface area contributed by atoms with Crippen molar-refractivity contribution in [1.82, 2.24) is 30.0 Å². The molecule has 1 aliphatic rings. The quantitative estimate of drug-likeness (QED) is 0.776. The third kappa shape index (κ3) is 4.43. The molecule has 3 rings (SSSR count). The number of carbonyl (C=O) groups excluding carboxylic acids is 1. The Kier molecular flexibility index (Phi) is 5.41. The number of tetrazole rings is 1. The normalized spacial score (nSPS) is 14.4. The van der Waals surface area contributed by atoms with Gasteiger partial charge in [0.05, 0.1) is 12.6 Å². The Morgan fingerprint density at radius 3 is 2.78 bits per heavy atom. The van der Waals surface area contributed by atoms with Crippen LogP contribution in [0.3, 0.4) is 0 Å². The molecule has 1 N–H and O–H groups in total. The highest BCUT2D eigenvalue weighted by atomic mass is 35.5. The molecule has 0 radical (unpaired) electrons. The van der Waals surface area contributed by atoms with Gasteiger partial charge in [0.15, 0.2) is 5.82 Å². The molecule has 1 saturated heterocycles. The molecule has 1 aromatic heterocycles. The van der Waals surface area contributed by atoms with E-state index in [4.69, 9.17) is 16.7 Å². The lowest BCUT2D eigenvalue weighted by molar-refractivity contribution is -0.132. The van der Waals surface area contributed by atoms with Gasteiger partial charge in [0, 0.05) is 31.2 Å². The summed E-state index contributed by atoms with van der Waals surface area (Å²) < 4.78 is 0. The van der Waals surface area contributed by atoms with Gasteiger partial charge in [-0.2, -0.15) is 4.80 Å². The molecule has 27 heavy (non-hydrogen) atoms. The van der Waals surface area contributed by atoms with Crippen molar-refractivity contribution < 1.29 is 14.7 Å². The van der Waals surface area contributed by atoms with Crippen LogP contribution >= 0.6 is 11.6 Å². The number of likely N-dealkylation sites (N-methyl/N-ethyl adjacent to an activating group) is 1. The lowest BCUT2D eigenvalue weighted by Crippen LogP contribution is -2.60. The summed E-state index contributed by atoms with van der Waals surface area (Å²) in [6, 6.07) is 5.21. The van der Waals surface area contributed by atoms with Crippen molar-refractivity contribution in [2.24, 2.45) is 0 Å². The van der Waals surface area contributed by atoms with Gasteiger partial charge in [-0.3, -0.25) is 4.79 Å². The number of aryl methyl sites for hydroxylation is 1. The maximum absolute atomic E-state index is 12.3. The van der Waals surface area contributed by atoms with Crippen LogP contribution < -0.4 is 0 Å². The lowest BCUT2D eigenvalue weighted by Gasteiger charge is -2.42. The van der Waals surface area contributed by atoms with Crippen molar-refractivity contribution in [3.8, 4) is 0 Å². The van der Waals surface area contributed by atoms with E-state index < -0.39 is 6.09 Å². The lowest BCUT2D eigenvalue weighted by atomic mass is 10.1. The second kappa shape index (κ2) is 7.75. The van der Waals surface area contributed by atoms with Gasteiger partial charge in [0.1, 0.15) is 0 Å². The van der Waals surface area contributed by atoms with E-state index in [0.717, 1.165) is 11.1 Å². The van der Waals surface area contributed by atoms with Gasteiger partial charge in [-0.1, -0.05) is 17.7 Å². The summed E-state index contributed by atoms with van der Waals surface area (Å²) in [6.07, 6.45) is 2.20. The van der Waals surface area contributed by atoms with Crippen LogP contribution in [0.2, 0.25) is 5.02 Å². The third-order valence-electron chi connectivity index (χ3n) is 4.40. The Hall–Kier alpha value is -2.94. The fourth-order valence-corrected chi connectivity index (χ4v) is 2.91. The van der Waals surface area contributed by atoms with Gasteiger partial charge in [-0.15, -0.1) is 10.2 Å². The number of likely N-dealkylation sites (tertiary alicyclic amines) is 1. The van der Waals surface area contributed by atoms with E-state index >= 15 is 0 Å². The molecule has 10 heteroatoms. The van der Waals surface area contributed by atoms with Crippen molar-refractivity contribution >= 4 is 29.7 Å². The number of halogens is 1. The fourth-order valence-electron chi connectivity index (χ4n) is 2.72. The van der Waals surface area contributed by atoms with Gasteiger partial charge < -0.3 is 14.9 Å². The van der Waals surface area contributed by atoms with Crippen LogP contribution in [0.1, 0.15) is 17.0 Å². The maximum Gasteiger partial charge on any atom is 0.407 e.